The molecule has 1 aromatic rings. The third-order valence-corrected chi connectivity index (χ3v) is 3.39. The molecule has 1 aliphatic rings. The van der Waals surface area contributed by atoms with Crippen LogP contribution in [-0.2, 0) is 4.74 Å². The molecule has 0 N–H and O–H groups in total. The molecule has 1 unspecified atom stereocenters. The van der Waals surface area contributed by atoms with Crippen LogP contribution in [0.15, 0.2) is 18.2 Å². The normalized spacial score (nSPS) is 18.9. The number of piperidine rings is 1. The highest BCUT2D eigenvalue weighted by Crippen LogP contribution is 2.21. The summed E-state index contributed by atoms with van der Waals surface area (Å²) in [6.45, 7) is 1.02. The van der Waals surface area contributed by atoms with Gasteiger partial charge in [-0.2, -0.15) is 4.39 Å². The van der Waals surface area contributed by atoms with Crippen molar-refractivity contribution in [2.45, 2.75) is 18.9 Å². The standard InChI is InChI=1S/C13H15FN2O4/c1-20-10-3-2-6-15(8-10)13(17)9-4-5-11(14)12(7-9)16(18)19/h4-5,7,10H,2-3,6,8H2,1H3. The number of nitrogens with zero attached hydrogens (tertiary/aromatic N) is 2. The zero-order valence-corrected chi connectivity index (χ0v) is 11.0. The lowest BCUT2D eigenvalue weighted by atomic mass is 10.1. The minimum atomic E-state index is -0.944. The van der Waals surface area contributed by atoms with E-state index in [-0.39, 0.29) is 17.6 Å². The Kier molecular flexibility index (Phi) is 4.29. The van der Waals surface area contributed by atoms with Crippen LogP contribution in [-0.4, -0.2) is 42.0 Å². The topological polar surface area (TPSA) is 72.7 Å². The first-order valence-electron chi connectivity index (χ1n) is 6.29. The smallest absolute Gasteiger partial charge is 0.305 e. The molecule has 1 amide bonds. The van der Waals surface area contributed by atoms with Crippen molar-refractivity contribution in [3.8, 4) is 0 Å². The highest BCUT2D eigenvalue weighted by atomic mass is 19.1. The Morgan fingerprint density at radius 3 is 2.95 bits per heavy atom. The monoisotopic (exact) mass is 282 g/mol. The van der Waals surface area contributed by atoms with E-state index in [0.29, 0.717) is 13.1 Å². The fourth-order valence-electron chi connectivity index (χ4n) is 2.28. The van der Waals surface area contributed by atoms with E-state index >= 15 is 0 Å². The number of rotatable bonds is 3. The van der Waals surface area contributed by atoms with E-state index in [1.165, 1.54) is 6.07 Å². The summed E-state index contributed by atoms with van der Waals surface area (Å²) >= 11 is 0. The van der Waals surface area contributed by atoms with E-state index in [9.17, 15) is 19.3 Å². The van der Waals surface area contributed by atoms with Crippen molar-refractivity contribution >= 4 is 11.6 Å². The summed E-state index contributed by atoms with van der Waals surface area (Å²) in [4.78, 5) is 23.7. The number of hydrogen-bond acceptors (Lipinski definition) is 4. The van der Waals surface area contributed by atoms with Gasteiger partial charge in [-0.15, -0.1) is 0 Å². The maximum Gasteiger partial charge on any atom is 0.305 e. The van der Waals surface area contributed by atoms with Crippen molar-refractivity contribution in [1.29, 1.82) is 0 Å². The van der Waals surface area contributed by atoms with Gasteiger partial charge in [-0.25, -0.2) is 0 Å². The molecular weight excluding hydrogens is 267 g/mol. The zero-order valence-electron chi connectivity index (χ0n) is 11.0. The van der Waals surface area contributed by atoms with Crippen LogP contribution in [0.4, 0.5) is 10.1 Å². The molecule has 0 bridgehead atoms. The Morgan fingerprint density at radius 1 is 1.55 bits per heavy atom. The number of carbonyl (C=O) groups is 1. The van der Waals surface area contributed by atoms with Crippen molar-refractivity contribution in [2.24, 2.45) is 0 Å². The van der Waals surface area contributed by atoms with Gasteiger partial charge in [0.25, 0.3) is 5.91 Å². The molecule has 6 nitrogen and oxygen atoms in total. The fraction of sp³-hybridized carbons (Fsp3) is 0.462. The molecule has 0 spiro atoms. The van der Waals surface area contributed by atoms with Crippen LogP contribution in [0.3, 0.4) is 0 Å². The van der Waals surface area contributed by atoms with Gasteiger partial charge in [-0.05, 0) is 25.0 Å². The van der Waals surface area contributed by atoms with Crippen molar-refractivity contribution < 1.29 is 18.8 Å². The first kappa shape index (κ1) is 14.4. The van der Waals surface area contributed by atoms with E-state index in [0.717, 1.165) is 25.0 Å². The number of methoxy groups -OCH3 is 1. The minimum absolute atomic E-state index is 0.0249. The summed E-state index contributed by atoms with van der Waals surface area (Å²) < 4.78 is 18.5. The third-order valence-electron chi connectivity index (χ3n) is 3.39. The van der Waals surface area contributed by atoms with Gasteiger partial charge < -0.3 is 9.64 Å². The lowest BCUT2D eigenvalue weighted by Gasteiger charge is -2.31. The first-order chi connectivity index (χ1) is 9.52. The number of benzene rings is 1. The van der Waals surface area contributed by atoms with E-state index < -0.39 is 16.4 Å². The van der Waals surface area contributed by atoms with Gasteiger partial charge >= 0.3 is 5.69 Å². The highest BCUT2D eigenvalue weighted by Gasteiger charge is 2.26. The van der Waals surface area contributed by atoms with Crippen LogP contribution in [0.25, 0.3) is 0 Å². The first-order valence-corrected chi connectivity index (χ1v) is 6.29. The molecule has 2 rings (SSSR count). The van der Waals surface area contributed by atoms with Crippen LogP contribution >= 0.6 is 0 Å². The van der Waals surface area contributed by atoms with Crippen LogP contribution in [0.5, 0.6) is 0 Å². The molecule has 0 saturated carbocycles. The largest absolute Gasteiger partial charge is 0.380 e. The molecule has 108 valence electrons. The molecule has 1 aliphatic heterocycles. The molecule has 0 radical (unpaired) electrons. The number of carbonyl (C=O) groups excluding carboxylic acids is 1. The Morgan fingerprint density at radius 2 is 2.30 bits per heavy atom. The molecule has 0 aliphatic carbocycles. The summed E-state index contributed by atoms with van der Waals surface area (Å²) in [5, 5.41) is 10.7. The maximum absolute atomic E-state index is 13.3. The van der Waals surface area contributed by atoms with E-state index in [2.05, 4.69) is 0 Å². The van der Waals surface area contributed by atoms with Crippen molar-refractivity contribution in [2.75, 3.05) is 20.2 Å². The van der Waals surface area contributed by atoms with Crippen LogP contribution < -0.4 is 0 Å². The molecule has 1 aromatic carbocycles. The third kappa shape index (κ3) is 2.93. The summed E-state index contributed by atoms with van der Waals surface area (Å²) in [5.74, 6) is -1.28. The lowest BCUT2D eigenvalue weighted by molar-refractivity contribution is -0.387. The number of halogens is 1. The predicted molar refractivity (Wildman–Crippen MR) is 69.0 cm³/mol. The average Bonchev–Trinajstić information content (AvgIpc) is 2.46. The SMILES string of the molecule is COC1CCCN(C(=O)c2ccc(F)c([N+](=O)[O-])c2)C1. The predicted octanol–water partition coefficient (Wildman–Crippen LogP) is 1.98. The van der Waals surface area contributed by atoms with Gasteiger partial charge in [-0.3, -0.25) is 14.9 Å². The summed E-state index contributed by atoms with van der Waals surface area (Å²) in [6.07, 6.45) is 1.67. The van der Waals surface area contributed by atoms with E-state index in [4.69, 9.17) is 4.74 Å². The second kappa shape index (κ2) is 5.96. The Labute approximate surface area is 115 Å². The molecule has 7 heteroatoms. The van der Waals surface area contributed by atoms with Crippen LogP contribution in [0, 0.1) is 15.9 Å². The maximum atomic E-state index is 13.3. The van der Waals surface area contributed by atoms with Crippen molar-refractivity contribution in [3.05, 3.63) is 39.7 Å². The number of nitro groups is 1. The molecule has 1 atom stereocenters. The number of amides is 1. The van der Waals surface area contributed by atoms with Gasteiger partial charge in [0.2, 0.25) is 5.82 Å². The fourth-order valence-corrected chi connectivity index (χ4v) is 2.28. The summed E-state index contributed by atoms with van der Waals surface area (Å²) in [5.41, 5.74) is -0.564. The average molecular weight is 282 g/mol. The molecular formula is C13H15FN2O4. The minimum Gasteiger partial charge on any atom is -0.380 e. The van der Waals surface area contributed by atoms with E-state index in [1.54, 1.807) is 12.0 Å². The second-order valence-corrected chi connectivity index (χ2v) is 4.67. The van der Waals surface area contributed by atoms with Gasteiger partial charge in [-0.1, -0.05) is 0 Å². The van der Waals surface area contributed by atoms with Crippen LogP contribution in [0.1, 0.15) is 23.2 Å². The molecule has 20 heavy (non-hydrogen) atoms. The van der Waals surface area contributed by atoms with Crippen LogP contribution in [0.2, 0.25) is 0 Å². The highest BCUT2D eigenvalue weighted by molar-refractivity contribution is 5.95. The van der Waals surface area contributed by atoms with Crippen molar-refractivity contribution in [3.63, 3.8) is 0 Å². The Bertz CT molecular complexity index is 535. The summed E-state index contributed by atoms with van der Waals surface area (Å²) in [7, 11) is 1.58. The molecule has 1 fully saturated rings. The number of ether oxygens (including phenoxy) is 1. The van der Waals surface area contributed by atoms with E-state index in [1.807, 2.05) is 0 Å². The second-order valence-electron chi connectivity index (χ2n) is 4.67. The van der Waals surface area contributed by atoms with Gasteiger partial charge in [0.1, 0.15) is 0 Å². The molecule has 1 heterocycles. The Hall–Kier alpha value is -2.02. The summed E-state index contributed by atoms with van der Waals surface area (Å²) in [6, 6.07) is 3.19. The zero-order chi connectivity index (χ0) is 14.7. The van der Waals surface area contributed by atoms with Gasteiger partial charge in [0.05, 0.1) is 11.0 Å². The number of nitro benzene ring substituents is 1. The van der Waals surface area contributed by atoms with Gasteiger partial charge in [0, 0.05) is 31.8 Å². The molecule has 1 saturated heterocycles. The lowest BCUT2D eigenvalue weighted by Crippen LogP contribution is -2.42. The van der Waals surface area contributed by atoms with Crippen molar-refractivity contribution in [1.82, 2.24) is 4.90 Å². The van der Waals surface area contributed by atoms with Gasteiger partial charge in [0.15, 0.2) is 0 Å². The molecule has 0 aromatic heterocycles. The quantitative estimate of drug-likeness (QED) is 0.627. The number of hydrogen-bond donors (Lipinski definition) is 0. The number of likely N-dealkylation sites (tertiary alicyclic amines) is 1. The Balaban J connectivity index is 2.20.